The van der Waals surface area contributed by atoms with Gasteiger partial charge >= 0.3 is 0 Å². The molecule has 0 aromatic carbocycles. The van der Waals surface area contributed by atoms with Crippen molar-refractivity contribution in [3.05, 3.63) is 23.7 Å². The number of hydrogen-bond donors (Lipinski definition) is 0. The summed E-state index contributed by atoms with van der Waals surface area (Å²) in [6, 6.07) is 1.78. The lowest BCUT2D eigenvalue weighted by molar-refractivity contribution is 0.0987. The monoisotopic (exact) mass is 138 g/mol. The van der Waals surface area contributed by atoms with Crippen LogP contribution in [0.4, 0.5) is 0 Å². The minimum absolute atomic E-state index is 0.0142. The van der Waals surface area contributed by atoms with Crippen LogP contribution in [0, 0.1) is 0 Å². The summed E-state index contributed by atoms with van der Waals surface area (Å²) in [5, 5.41) is 0. The van der Waals surface area contributed by atoms with Gasteiger partial charge in [-0.15, -0.1) is 0 Å². The maximum absolute atomic E-state index is 10.7. The Morgan fingerprint density at radius 2 is 2.40 bits per heavy atom. The van der Waals surface area contributed by atoms with E-state index in [-0.39, 0.29) is 5.78 Å². The molecule has 0 fully saturated rings. The first-order valence-electron chi connectivity index (χ1n) is 3.32. The lowest BCUT2D eigenvalue weighted by Crippen LogP contribution is -1.86. The first-order valence-corrected chi connectivity index (χ1v) is 3.32. The molecule has 10 heavy (non-hydrogen) atoms. The number of furan rings is 1. The van der Waals surface area contributed by atoms with Crippen LogP contribution in [0.2, 0.25) is 0 Å². The van der Waals surface area contributed by atoms with E-state index in [0.29, 0.717) is 5.76 Å². The lowest BCUT2D eigenvalue weighted by Gasteiger charge is -1.81. The highest BCUT2D eigenvalue weighted by Gasteiger charge is 2.03. The molecule has 0 radical (unpaired) electrons. The van der Waals surface area contributed by atoms with Gasteiger partial charge in [0.2, 0.25) is 0 Å². The average molecular weight is 138 g/mol. The van der Waals surface area contributed by atoms with Gasteiger partial charge in [0.1, 0.15) is 0 Å². The molecule has 0 N–H and O–H groups in total. The van der Waals surface area contributed by atoms with Gasteiger partial charge in [-0.05, 0) is 18.1 Å². The summed E-state index contributed by atoms with van der Waals surface area (Å²) in [5.41, 5.74) is 1.07. The Morgan fingerprint density at radius 1 is 1.70 bits per heavy atom. The van der Waals surface area contributed by atoms with E-state index in [9.17, 15) is 4.79 Å². The zero-order valence-electron chi connectivity index (χ0n) is 6.18. The first kappa shape index (κ1) is 7.06. The SMILES string of the molecule is CCc1coc(C(C)=O)c1. The first-order chi connectivity index (χ1) is 4.74. The standard InChI is InChI=1S/C8H10O2/c1-3-7-4-8(6(2)9)10-5-7/h4-5H,3H2,1-2H3. The fraction of sp³-hybridized carbons (Fsp3) is 0.375. The minimum Gasteiger partial charge on any atom is -0.461 e. The van der Waals surface area contributed by atoms with E-state index in [4.69, 9.17) is 4.42 Å². The van der Waals surface area contributed by atoms with E-state index < -0.39 is 0 Å². The van der Waals surface area contributed by atoms with E-state index in [0.717, 1.165) is 12.0 Å². The molecule has 1 aromatic rings. The van der Waals surface area contributed by atoms with Crippen molar-refractivity contribution in [2.45, 2.75) is 20.3 Å². The van der Waals surface area contributed by atoms with Gasteiger partial charge in [-0.25, -0.2) is 0 Å². The Bertz CT molecular complexity index is 235. The Labute approximate surface area is 59.8 Å². The Balaban J connectivity index is 2.88. The summed E-state index contributed by atoms with van der Waals surface area (Å²) in [5.74, 6) is 0.441. The van der Waals surface area contributed by atoms with Gasteiger partial charge in [-0.3, -0.25) is 4.79 Å². The maximum Gasteiger partial charge on any atom is 0.194 e. The van der Waals surface area contributed by atoms with Crippen LogP contribution in [0.3, 0.4) is 0 Å². The average Bonchev–Trinajstić information content (AvgIpc) is 2.34. The van der Waals surface area contributed by atoms with Crippen molar-refractivity contribution in [1.82, 2.24) is 0 Å². The minimum atomic E-state index is -0.0142. The van der Waals surface area contributed by atoms with Gasteiger partial charge in [-0.2, -0.15) is 0 Å². The van der Waals surface area contributed by atoms with Crippen LogP contribution in [0.1, 0.15) is 30.0 Å². The molecule has 0 atom stereocenters. The summed E-state index contributed by atoms with van der Waals surface area (Å²) in [6.07, 6.45) is 2.54. The topological polar surface area (TPSA) is 30.2 Å². The van der Waals surface area contributed by atoms with Gasteiger partial charge in [0.05, 0.1) is 6.26 Å². The van der Waals surface area contributed by atoms with Crippen molar-refractivity contribution in [2.24, 2.45) is 0 Å². The third-order valence-corrected chi connectivity index (χ3v) is 1.41. The third kappa shape index (κ3) is 1.26. The number of hydrogen-bond acceptors (Lipinski definition) is 2. The molecule has 0 saturated carbocycles. The fourth-order valence-corrected chi connectivity index (χ4v) is 0.746. The largest absolute Gasteiger partial charge is 0.461 e. The number of aryl methyl sites for hydroxylation is 1. The van der Waals surface area contributed by atoms with Crippen LogP contribution in [-0.4, -0.2) is 5.78 Å². The number of ketones is 1. The quantitative estimate of drug-likeness (QED) is 0.585. The van der Waals surface area contributed by atoms with Crippen LogP contribution in [0.25, 0.3) is 0 Å². The van der Waals surface area contributed by atoms with E-state index in [1.54, 1.807) is 12.3 Å². The second kappa shape index (κ2) is 2.69. The molecule has 2 heteroatoms. The molecule has 0 saturated heterocycles. The Hall–Kier alpha value is -1.05. The molecule has 0 amide bonds. The second-order valence-corrected chi connectivity index (χ2v) is 2.23. The van der Waals surface area contributed by atoms with Gasteiger partial charge in [0.15, 0.2) is 11.5 Å². The van der Waals surface area contributed by atoms with Crippen LogP contribution in [0.5, 0.6) is 0 Å². The zero-order chi connectivity index (χ0) is 7.56. The van der Waals surface area contributed by atoms with Crippen LogP contribution in [-0.2, 0) is 6.42 Å². The summed E-state index contributed by atoms with van der Waals surface area (Å²) in [4.78, 5) is 10.7. The molecule has 0 aliphatic carbocycles. The van der Waals surface area contributed by atoms with Gasteiger partial charge in [0.25, 0.3) is 0 Å². The van der Waals surface area contributed by atoms with Crippen molar-refractivity contribution in [3.63, 3.8) is 0 Å². The molecule has 1 heterocycles. The van der Waals surface area contributed by atoms with E-state index in [1.807, 2.05) is 6.92 Å². The highest BCUT2D eigenvalue weighted by molar-refractivity contribution is 5.91. The van der Waals surface area contributed by atoms with Crippen molar-refractivity contribution >= 4 is 5.78 Å². The number of rotatable bonds is 2. The number of carbonyl (C=O) groups excluding carboxylic acids is 1. The number of Topliss-reactive ketones (excluding diaryl/α,β-unsaturated/α-hetero) is 1. The molecular formula is C8H10O2. The second-order valence-electron chi connectivity index (χ2n) is 2.23. The van der Waals surface area contributed by atoms with Gasteiger partial charge in [0, 0.05) is 6.92 Å². The summed E-state index contributed by atoms with van der Waals surface area (Å²) < 4.78 is 4.97. The predicted octanol–water partition coefficient (Wildman–Crippen LogP) is 2.04. The molecule has 0 aliphatic heterocycles. The summed E-state index contributed by atoms with van der Waals surface area (Å²) >= 11 is 0. The van der Waals surface area contributed by atoms with E-state index in [2.05, 4.69) is 0 Å². The lowest BCUT2D eigenvalue weighted by atomic mass is 10.2. The molecule has 0 spiro atoms. The van der Waals surface area contributed by atoms with Crippen molar-refractivity contribution in [3.8, 4) is 0 Å². The van der Waals surface area contributed by atoms with Crippen LogP contribution in [0.15, 0.2) is 16.7 Å². The van der Waals surface area contributed by atoms with Crippen molar-refractivity contribution in [1.29, 1.82) is 0 Å². The Morgan fingerprint density at radius 3 is 2.70 bits per heavy atom. The Kier molecular flexibility index (Phi) is 1.90. The molecule has 2 nitrogen and oxygen atoms in total. The van der Waals surface area contributed by atoms with E-state index in [1.165, 1.54) is 6.92 Å². The van der Waals surface area contributed by atoms with Crippen LogP contribution >= 0.6 is 0 Å². The summed E-state index contributed by atoms with van der Waals surface area (Å²) in [6.45, 7) is 3.52. The van der Waals surface area contributed by atoms with Crippen molar-refractivity contribution < 1.29 is 9.21 Å². The molecule has 0 aliphatic rings. The molecule has 0 bridgehead atoms. The molecule has 0 unspecified atom stereocenters. The summed E-state index contributed by atoms with van der Waals surface area (Å²) in [7, 11) is 0. The normalized spacial score (nSPS) is 9.80. The third-order valence-electron chi connectivity index (χ3n) is 1.41. The highest BCUT2D eigenvalue weighted by Crippen LogP contribution is 2.08. The maximum atomic E-state index is 10.7. The predicted molar refractivity (Wildman–Crippen MR) is 38.1 cm³/mol. The molecule has 1 rings (SSSR count). The zero-order valence-corrected chi connectivity index (χ0v) is 6.18. The number of carbonyl (C=O) groups is 1. The van der Waals surface area contributed by atoms with Crippen molar-refractivity contribution in [2.75, 3.05) is 0 Å². The smallest absolute Gasteiger partial charge is 0.194 e. The molecule has 54 valence electrons. The van der Waals surface area contributed by atoms with Gasteiger partial charge in [-0.1, -0.05) is 6.92 Å². The molecular weight excluding hydrogens is 128 g/mol. The van der Waals surface area contributed by atoms with Crippen LogP contribution < -0.4 is 0 Å². The van der Waals surface area contributed by atoms with Gasteiger partial charge < -0.3 is 4.42 Å². The molecule has 1 aromatic heterocycles. The fourth-order valence-electron chi connectivity index (χ4n) is 0.746. The van der Waals surface area contributed by atoms with E-state index >= 15 is 0 Å². The highest BCUT2D eigenvalue weighted by atomic mass is 16.3.